The number of aryl methyl sites for hydroxylation is 2. The number of guanidine groups is 1. The van der Waals surface area contributed by atoms with Gasteiger partial charge in [0.15, 0.2) is 5.96 Å². The second-order valence-corrected chi connectivity index (χ2v) is 7.71. The number of rotatable bonds is 5. The van der Waals surface area contributed by atoms with Crippen molar-refractivity contribution in [3.63, 3.8) is 0 Å². The number of carbonyl (C=O) groups is 1. The molecule has 2 N–H and O–H groups in total. The number of fused-ring (bicyclic) bond motifs is 1. The van der Waals surface area contributed by atoms with Crippen LogP contribution in [-0.2, 0) is 17.8 Å². The second kappa shape index (κ2) is 8.85. The van der Waals surface area contributed by atoms with Crippen LogP contribution < -0.4 is 15.5 Å². The fourth-order valence-corrected chi connectivity index (χ4v) is 3.95. The zero-order valence-corrected chi connectivity index (χ0v) is 16.2. The zero-order valence-electron chi connectivity index (χ0n) is 15.4. The van der Waals surface area contributed by atoms with Gasteiger partial charge in [0, 0.05) is 28.5 Å². The van der Waals surface area contributed by atoms with Gasteiger partial charge in [0.25, 0.3) is 0 Å². The summed E-state index contributed by atoms with van der Waals surface area (Å²) in [5.41, 5.74) is 2.28. The first-order valence-electron chi connectivity index (χ1n) is 9.13. The molecule has 1 aliphatic heterocycles. The minimum Gasteiger partial charge on any atom is -0.357 e. The second-order valence-electron chi connectivity index (χ2n) is 6.34. The Morgan fingerprint density at radius 3 is 2.85 bits per heavy atom. The van der Waals surface area contributed by atoms with Crippen LogP contribution in [0.3, 0.4) is 0 Å². The Kier molecular flexibility index (Phi) is 6.28. The van der Waals surface area contributed by atoms with Gasteiger partial charge in [-0.05, 0) is 50.5 Å². The van der Waals surface area contributed by atoms with Crippen molar-refractivity contribution in [2.24, 2.45) is 4.99 Å². The molecule has 0 radical (unpaired) electrons. The lowest BCUT2D eigenvalue weighted by Gasteiger charge is -2.29. The van der Waals surface area contributed by atoms with Gasteiger partial charge in [-0.1, -0.05) is 18.2 Å². The van der Waals surface area contributed by atoms with Crippen molar-refractivity contribution in [3.05, 3.63) is 51.7 Å². The number of carbonyl (C=O) groups excluding carboxylic acids is 1. The molecule has 0 aliphatic carbocycles. The Bertz CT molecular complexity index is 784. The van der Waals surface area contributed by atoms with E-state index in [0.717, 1.165) is 31.6 Å². The fraction of sp³-hybridized carbons (Fsp3) is 0.400. The first-order valence-corrected chi connectivity index (χ1v) is 9.95. The molecule has 2 aromatic rings. The largest absolute Gasteiger partial charge is 0.357 e. The molecule has 26 heavy (non-hydrogen) atoms. The van der Waals surface area contributed by atoms with Gasteiger partial charge in [0.05, 0.1) is 6.54 Å². The summed E-state index contributed by atoms with van der Waals surface area (Å²) >= 11 is 1.77. The van der Waals surface area contributed by atoms with E-state index < -0.39 is 0 Å². The van der Waals surface area contributed by atoms with Crippen molar-refractivity contribution < 1.29 is 4.79 Å². The highest BCUT2D eigenvalue weighted by molar-refractivity contribution is 7.11. The summed E-state index contributed by atoms with van der Waals surface area (Å²) in [5.74, 6) is 0.721. The summed E-state index contributed by atoms with van der Waals surface area (Å²) in [7, 11) is 0. The molecule has 1 aromatic carbocycles. The van der Waals surface area contributed by atoms with Gasteiger partial charge in [-0.3, -0.25) is 4.79 Å². The van der Waals surface area contributed by atoms with Crippen molar-refractivity contribution in [1.82, 2.24) is 10.6 Å². The van der Waals surface area contributed by atoms with E-state index in [2.05, 4.69) is 40.7 Å². The van der Waals surface area contributed by atoms with Gasteiger partial charge in [0.1, 0.15) is 6.54 Å². The zero-order chi connectivity index (χ0) is 18.4. The predicted octanol–water partition coefficient (Wildman–Crippen LogP) is 3.09. The summed E-state index contributed by atoms with van der Waals surface area (Å²) in [6.45, 7) is 6.51. The molecule has 0 spiro atoms. The SMILES string of the molecule is CCNC(=NCC(=O)N1CCCc2ccccc21)NCc1ccc(C)s1. The van der Waals surface area contributed by atoms with Gasteiger partial charge in [0.2, 0.25) is 5.91 Å². The fourth-order valence-electron chi connectivity index (χ4n) is 3.12. The molecule has 0 unspecified atom stereocenters. The lowest BCUT2D eigenvalue weighted by Crippen LogP contribution is -2.40. The van der Waals surface area contributed by atoms with E-state index in [-0.39, 0.29) is 12.5 Å². The lowest BCUT2D eigenvalue weighted by molar-refractivity contribution is -0.117. The van der Waals surface area contributed by atoms with Crippen LogP contribution in [0.5, 0.6) is 0 Å². The van der Waals surface area contributed by atoms with Crippen molar-refractivity contribution >= 4 is 28.9 Å². The van der Waals surface area contributed by atoms with Crippen LogP contribution in [0.2, 0.25) is 0 Å². The minimum atomic E-state index is 0.0429. The van der Waals surface area contributed by atoms with E-state index in [9.17, 15) is 4.79 Å². The molecule has 0 saturated heterocycles. The predicted molar refractivity (Wildman–Crippen MR) is 109 cm³/mol. The number of benzene rings is 1. The summed E-state index contributed by atoms with van der Waals surface area (Å²) in [6.07, 6.45) is 2.04. The molecule has 0 fully saturated rings. The molecule has 1 aromatic heterocycles. The van der Waals surface area contributed by atoms with Crippen LogP contribution in [-0.4, -0.2) is 31.5 Å². The average molecular weight is 371 g/mol. The Hall–Kier alpha value is -2.34. The van der Waals surface area contributed by atoms with Crippen LogP contribution in [0.25, 0.3) is 0 Å². The maximum Gasteiger partial charge on any atom is 0.248 e. The smallest absolute Gasteiger partial charge is 0.248 e. The van der Waals surface area contributed by atoms with E-state index in [1.54, 1.807) is 11.3 Å². The number of para-hydroxylation sites is 1. The molecule has 0 atom stereocenters. The maximum atomic E-state index is 12.7. The van der Waals surface area contributed by atoms with Gasteiger partial charge in [-0.25, -0.2) is 4.99 Å². The van der Waals surface area contributed by atoms with Crippen molar-refractivity contribution in [3.8, 4) is 0 Å². The van der Waals surface area contributed by atoms with Crippen molar-refractivity contribution in [2.45, 2.75) is 33.2 Å². The maximum absolute atomic E-state index is 12.7. The van der Waals surface area contributed by atoms with Gasteiger partial charge in [-0.2, -0.15) is 0 Å². The van der Waals surface area contributed by atoms with E-state index in [4.69, 9.17) is 0 Å². The Labute approximate surface area is 159 Å². The summed E-state index contributed by atoms with van der Waals surface area (Å²) in [4.78, 5) is 21.6. The number of thiophene rings is 1. The molecule has 138 valence electrons. The van der Waals surface area contributed by atoms with E-state index in [0.29, 0.717) is 12.5 Å². The quantitative estimate of drug-likeness (QED) is 0.628. The number of anilines is 1. The first kappa shape index (κ1) is 18.5. The van der Waals surface area contributed by atoms with Crippen LogP contribution in [0.15, 0.2) is 41.4 Å². The van der Waals surface area contributed by atoms with E-state index in [1.807, 2.05) is 30.0 Å². The molecule has 2 heterocycles. The summed E-state index contributed by atoms with van der Waals surface area (Å²) in [6, 6.07) is 12.4. The highest BCUT2D eigenvalue weighted by Gasteiger charge is 2.21. The molecule has 0 saturated carbocycles. The average Bonchev–Trinajstić information content (AvgIpc) is 3.08. The van der Waals surface area contributed by atoms with Crippen LogP contribution in [0, 0.1) is 6.92 Å². The number of hydrogen-bond acceptors (Lipinski definition) is 3. The van der Waals surface area contributed by atoms with Crippen molar-refractivity contribution in [2.75, 3.05) is 24.5 Å². The Morgan fingerprint density at radius 2 is 2.08 bits per heavy atom. The van der Waals surface area contributed by atoms with Crippen LogP contribution >= 0.6 is 11.3 Å². The lowest BCUT2D eigenvalue weighted by atomic mass is 10.0. The molecule has 3 rings (SSSR count). The normalized spacial score (nSPS) is 14.1. The molecule has 1 aliphatic rings. The third kappa shape index (κ3) is 4.64. The Balaban J connectivity index is 1.63. The third-order valence-electron chi connectivity index (χ3n) is 4.35. The topological polar surface area (TPSA) is 56.7 Å². The minimum absolute atomic E-state index is 0.0429. The Morgan fingerprint density at radius 1 is 1.23 bits per heavy atom. The van der Waals surface area contributed by atoms with Crippen LogP contribution in [0.4, 0.5) is 5.69 Å². The molecule has 0 bridgehead atoms. The number of nitrogens with one attached hydrogen (secondary N) is 2. The highest BCUT2D eigenvalue weighted by Crippen LogP contribution is 2.26. The standard InChI is InChI=1S/C20H26N4OS/c1-3-21-20(22-13-17-11-10-15(2)26-17)23-14-19(25)24-12-6-8-16-7-4-5-9-18(16)24/h4-5,7,9-11H,3,6,8,12-14H2,1-2H3,(H2,21,22,23). The van der Waals surface area contributed by atoms with E-state index in [1.165, 1.54) is 15.3 Å². The first-order chi connectivity index (χ1) is 12.7. The molecule has 1 amide bonds. The molecular weight excluding hydrogens is 344 g/mol. The third-order valence-corrected chi connectivity index (χ3v) is 5.35. The number of aliphatic imine (C=N–C) groups is 1. The van der Waals surface area contributed by atoms with Crippen LogP contribution in [0.1, 0.15) is 28.7 Å². The number of hydrogen-bond donors (Lipinski definition) is 2. The van der Waals surface area contributed by atoms with Gasteiger partial charge < -0.3 is 15.5 Å². The molecule has 6 heteroatoms. The number of amides is 1. The number of nitrogens with zero attached hydrogens (tertiary/aromatic N) is 2. The van der Waals surface area contributed by atoms with Gasteiger partial charge >= 0.3 is 0 Å². The van der Waals surface area contributed by atoms with Gasteiger partial charge in [-0.15, -0.1) is 11.3 Å². The molecular formula is C20H26N4OS. The van der Waals surface area contributed by atoms with E-state index >= 15 is 0 Å². The van der Waals surface area contributed by atoms with Crippen molar-refractivity contribution in [1.29, 1.82) is 0 Å². The monoisotopic (exact) mass is 370 g/mol. The highest BCUT2D eigenvalue weighted by atomic mass is 32.1. The summed E-state index contributed by atoms with van der Waals surface area (Å²) < 4.78 is 0. The summed E-state index contributed by atoms with van der Waals surface area (Å²) in [5, 5.41) is 6.52. The molecule has 5 nitrogen and oxygen atoms in total.